The molecule has 1 saturated carbocycles. The maximum absolute atomic E-state index is 13.2. The summed E-state index contributed by atoms with van der Waals surface area (Å²) >= 11 is -3.19. The molecule has 5 aliphatic heterocycles. The zero-order valence-electron chi connectivity index (χ0n) is 16.0. The second kappa shape index (κ2) is 6.39. The molecule has 1 aliphatic carbocycles. The van der Waals surface area contributed by atoms with Crippen LogP contribution < -0.4 is 4.90 Å². The van der Waals surface area contributed by atoms with E-state index in [0.29, 0.717) is 36.9 Å². The SMILES string of the molecule is O=C1C[C@@H]2OCC=C3CN4CC[C@]56c7ccccc7N1[C@H]5C2[C@H]3C[C@H]46.O[As](O)O. The number of rotatable bonds is 0. The van der Waals surface area contributed by atoms with Gasteiger partial charge in [0, 0.05) is 29.6 Å². The number of amides is 1. The Balaban J connectivity index is 0.000000382. The van der Waals surface area contributed by atoms with Crippen molar-refractivity contribution in [3.8, 4) is 0 Å². The average Bonchev–Trinajstić information content (AvgIpc) is 3.15. The van der Waals surface area contributed by atoms with Crippen molar-refractivity contribution in [2.45, 2.75) is 42.9 Å². The summed E-state index contributed by atoms with van der Waals surface area (Å²) in [6, 6.07) is 9.64. The molecule has 8 heteroatoms. The van der Waals surface area contributed by atoms with Crippen molar-refractivity contribution >= 4 is 27.3 Å². The van der Waals surface area contributed by atoms with Gasteiger partial charge < -0.3 is 9.64 Å². The van der Waals surface area contributed by atoms with E-state index in [1.54, 1.807) is 5.57 Å². The molecule has 4 fully saturated rings. The Hall–Kier alpha value is -1.21. The van der Waals surface area contributed by atoms with Crippen LogP contribution in [0.2, 0.25) is 0 Å². The predicted octanol–water partition coefficient (Wildman–Crippen LogP) is 0.0407. The van der Waals surface area contributed by atoms with Gasteiger partial charge in [-0.2, -0.15) is 0 Å². The van der Waals surface area contributed by atoms with Gasteiger partial charge in [-0.1, -0.05) is 29.8 Å². The number of ether oxygens (including phenoxy) is 1. The van der Waals surface area contributed by atoms with Crippen LogP contribution in [0.5, 0.6) is 0 Å². The summed E-state index contributed by atoms with van der Waals surface area (Å²) in [5.74, 6) is 1.35. The molecule has 5 heterocycles. The fourth-order valence-electron chi connectivity index (χ4n) is 7.51. The molecule has 1 aromatic rings. The minimum absolute atomic E-state index is 0.104. The quantitative estimate of drug-likeness (QED) is 0.374. The van der Waals surface area contributed by atoms with Crippen molar-refractivity contribution in [2.24, 2.45) is 11.8 Å². The third-order valence-corrected chi connectivity index (χ3v) is 8.22. The van der Waals surface area contributed by atoms with E-state index in [1.165, 1.54) is 30.6 Å². The van der Waals surface area contributed by atoms with Gasteiger partial charge in [0.25, 0.3) is 0 Å². The van der Waals surface area contributed by atoms with E-state index >= 15 is 0 Å². The molecule has 2 bridgehead atoms. The molecule has 29 heavy (non-hydrogen) atoms. The normalized spacial score (nSPS) is 40.8. The number of fused-ring (bicyclic) bond motifs is 2. The topological polar surface area (TPSA) is 93.5 Å². The Kier molecular flexibility index (Phi) is 4.09. The van der Waals surface area contributed by atoms with Gasteiger partial charge in [-0.25, -0.2) is 0 Å². The molecule has 1 spiro atoms. The summed E-state index contributed by atoms with van der Waals surface area (Å²) in [5.41, 5.74) is 4.35. The van der Waals surface area contributed by atoms with Crippen molar-refractivity contribution in [3.63, 3.8) is 0 Å². The van der Waals surface area contributed by atoms with E-state index in [1.807, 2.05) is 0 Å². The first-order valence-corrected chi connectivity index (χ1v) is 12.9. The molecule has 154 valence electrons. The van der Waals surface area contributed by atoms with E-state index in [4.69, 9.17) is 17.0 Å². The molecular weight excluding hydrogens is 435 g/mol. The molecule has 0 aromatic heterocycles. The molecule has 6 atom stereocenters. The van der Waals surface area contributed by atoms with E-state index in [9.17, 15) is 4.79 Å². The number of carbonyl (C=O) groups excluding carboxylic acids is 1. The van der Waals surface area contributed by atoms with Gasteiger partial charge in [0.15, 0.2) is 0 Å². The van der Waals surface area contributed by atoms with E-state index in [-0.39, 0.29) is 17.4 Å². The maximum atomic E-state index is 13.2. The standard InChI is InChI=1S/C21H22N2O2.AsH3O3/c24-18-10-16-19-13-9-17-21(6-7-22(17)11-12(13)5-8-25-16)14-3-1-2-4-15(14)23(18)20(19)21;2-1(3)4/h1-5,13,16-17,19-20H,6-11H2;2-4H/t13-,16-,17-,19?,20-,21+;/m0./s1. The molecule has 1 amide bonds. The van der Waals surface area contributed by atoms with Crippen molar-refractivity contribution in [1.29, 1.82) is 0 Å². The zero-order valence-corrected chi connectivity index (χ0v) is 17.9. The van der Waals surface area contributed by atoms with Gasteiger partial charge in [-0.05, 0) is 36.9 Å². The summed E-state index contributed by atoms with van der Waals surface area (Å²) in [4.78, 5) is 18.1. The van der Waals surface area contributed by atoms with Crippen LogP contribution in [0.4, 0.5) is 5.69 Å². The third-order valence-electron chi connectivity index (χ3n) is 8.22. The number of piperidine rings is 2. The van der Waals surface area contributed by atoms with Crippen LogP contribution in [-0.2, 0) is 14.9 Å². The summed E-state index contributed by atoms with van der Waals surface area (Å²) in [6.07, 6.45) is 5.43. The van der Waals surface area contributed by atoms with Gasteiger partial charge >= 0.3 is 28.0 Å². The Bertz CT molecular complexity index is 904. The minimum atomic E-state index is -3.19. The summed E-state index contributed by atoms with van der Waals surface area (Å²) in [7, 11) is 0. The first-order valence-electron chi connectivity index (χ1n) is 10.4. The number of anilines is 1. The number of hydrogen-bond donors (Lipinski definition) is 3. The second-order valence-electron chi connectivity index (χ2n) is 9.05. The van der Waals surface area contributed by atoms with Gasteiger partial charge in [0.1, 0.15) is 0 Å². The molecule has 3 N–H and O–H groups in total. The van der Waals surface area contributed by atoms with Crippen molar-refractivity contribution < 1.29 is 21.8 Å². The molecule has 7 nitrogen and oxygen atoms in total. The Morgan fingerprint density at radius 2 is 2.00 bits per heavy atom. The van der Waals surface area contributed by atoms with Crippen LogP contribution in [0.25, 0.3) is 0 Å². The summed E-state index contributed by atoms with van der Waals surface area (Å²) in [5, 5.41) is 0. The second-order valence-corrected chi connectivity index (χ2v) is 10.2. The summed E-state index contributed by atoms with van der Waals surface area (Å²) in [6.45, 7) is 2.97. The number of carbonyl (C=O) groups is 1. The first kappa shape index (κ1) is 18.5. The molecule has 7 rings (SSSR count). The Labute approximate surface area is 174 Å². The van der Waals surface area contributed by atoms with Gasteiger partial charge in [-0.15, -0.1) is 0 Å². The molecule has 0 radical (unpaired) electrons. The number of benzene rings is 1. The Morgan fingerprint density at radius 3 is 2.83 bits per heavy atom. The average molecular weight is 460 g/mol. The van der Waals surface area contributed by atoms with Crippen molar-refractivity contribution in [2.75, 3.05) is 24.6 Å². The number of hydrogen-bond acceptors (Lipinski definition) is 6. The fraction of sp³-hybridized carbons (Fsp3) is 0.571. The van der Waals surface area contributed by atoms with Gasteiger partial charge in [0.2, 0.25) is 5.91 Å². The Morgan fingerprint density at radius 1 is 1.21 bits per heavy atom. The first-order chi connectivity index (χ1) is 14.0. The van der Waals surface area contributed by atoms with Crippen molar-refractivity contribution in [3.05, 3.63) is 41.5 Å². The predicted molar refractivity (Wildman–Crippen MR) is 106 cm³/mol. The molecular formula is C21H25AsN2O5. The number of nitrogens with zero attached hydrogens (tertiary/aromatic N) is 2. The van der Waals surface area contributed by atoms with Crippen molar-refractivity contribution in [1.82, 2.24) is 4.90 Å². The zero-order chi connectivity index (χ0) is 19.9. The van der Waals surface area contributed by atoms with E-state index in [0.717, 1.165) is 6.54 Å². The van der Waals surface area contributed by atoms with E-state index in [2.05, 4.69) is 40.1 Å². The fourth-order valence-corrected chi connectivity index (χ4v) is 7.51. The molecule has 1 aromatic carbocycles. The molecule has 1 unspecified atom stereocenters. The number of para-hydroxylation sites is 1. The molecule has 6 aliphatic rings. The van der Waals surface area contributed by atoms with Crippen LogP contribution in [0.15, 0.2) is 35.9 Å². The molecule has 3 saturated heterocycles. The monoisotopic (exact) mass is 460 g/mol. The van der Waals surface area contributed by atoms with Crippen LogP contribution in [0, 0.1) is 11.8 Å². The third kappa shape index (κ3) is 2.34. The van der Waals surface area contributed by atoms with E-state index < -0.39 is 15.7 Å². The van der Waals surface area contributed by atoms with Crippen LogP contribution in [0.1, 0.15) is 24.8 Å². The van der Waals surface area contributed by atoms with Gasteiger partial charge in [-0.3, -0.25) is 9.69 Å². The van der Waals surface area contributed by atoms with Gasteiger partial charge in [0.05, 0.1) is 25.2 Å². The van der Waals surface area contributed by atoms with Crippen LogP contribution in [0.3, 0.4) is 0 Å². The summed E-state index contributed by atoms with van der Waals surface area (Å²) < 4.78 is 28.2. The van der Waals surface area contributed by atoms with Crippen LogP contribution in [-0.4, -0.2) is 76.7 Å². The van der Waals surface area contributed by atoms with Crippen LogP contribution >= 0.6 is 0 Å².